The Morgan fingerprint density at radius 3 is 1.27 bits per heavy atom. The third-order valence-electron chi connectivity index (χ3n) is 9.59. The number of pyridine rings is 2. The highest BCUT2D eigenvalue weighted by Gasteiger charge is 2.11. The zero-order chi connectivity index (χ0) is 40.5. The van der Waals surface area contributed by atoms with Crippen LogP contribution in [-0.4, -0.2) is 101 Å². The number of nitrogens with one attached hydrogen (secondary N) is 4. The minimum Gasteiger partial charge on any atom is -0.412 e. The summed E-state index contributed by atoms with van der Waals surface area (Å²) in [5, 5.41) is 18.9. The van der Waals surface area contributed by atoms with Crippen molar-refractivity contribution in [2.75, 3.05) is 69.6 Å². The maximum atomic E-state index is 13.0. The number of benzene rings is 2. The molecule has 0 radical (unpaired) electrons. The number of aliphatic hydroxyl groups excluding tert-OH is 1. The number of rotatable bonds is 14. The first kappa shape index (κ1) is 50.4. The van der Waals surface area contributed by atoms with E-state index in [9.17, 15) is 18.4 Å². The van der Waals surface area contributed by atoms with Gasteiger partial charge in [-0.05, 0) is 170 Å². The first-order valence-corrected chi connectivity index (χ1v) is 20.4. The molecule has 6 rings (SSSR count). The Morgan fingerprint density at radius 1 is 0.593 bits per heavy atom. The maximum absolute atomic E-state index is 13.0. The summed E-state index contributed by atoms with van der Waals surface area (Å²) >= 11 is 0. The number of aliphatic hydroxyl groups is 1. The van der Waals surface area contributed by atoms with E-state index in [1.807, 2.05) is 12.1 Å². The fourth-order valence-electron chi connectivity index (χ4n) is 6.56. The van der Waals surface area contributed by atoms with Gasteiger partial charge in [-0.2, -0.15) is 0 Å². The third kappa shape index (κ3) is 20.2. The van der Waals surface area contributed by atoms with Gasteiger partial charge in [0, 0.05) is 30.8 Å². The van der Waals surface area contributed by atoms with Crippen molar-refractivity contribution in [1.29, 1.82) is 0 Å². The summed E-state index contributed by atoms with van der Waals surface area (Å²) in [7, 11) is 0. The van der Waals surface area contributed by atoms with E-state index in [2.05, 4.69) is 41.0 Å². The lowest BCUT2D eigenvalue weighted by molar-refractivity contribution is 0.224. The van der Waals surface area contributed by atoms with Crippen LogP contribution >= 0.6 is 12.4 Å². The van der Waals surface area contributed by atoms with Crippen molar-refractivity contribution < 1.29 is 29.0 Å². The monoisotopic (exact) mass is 840 g/mol. The van der Waals surface area contributed by atoms with Crippen molar-refractivity contribution in [3.05, 3.63) is 96.8 Å². The van der Waals surface area contributed by atoms with Crippen LogP contribution in [0.15, 0.2) is 85.2 Å². The number of hydrogen-bond acceptors (Lipinski definition) is 7. The molecule has 0 saturated carbocycles. The van der Waals surface area contributed by atoms with Crippen LogP contribution in [-0.2, 0) is 0 Å². The molecule has 2 saturated heterocycles. The largest absolute Gasteiger partial charge is 0.412 e. The van der Waals surface area contributed by atoms with Crippen molar-refractivity contribution >= 4 is 35.8 Å². The maximum Gasteiger partial charge on any atom is 0.319 e. The fraction of sp³-hybridized carbons (Fsp3) is 0.455. The van der Waals surface area contributed by atoms with Crippen molar-refractivity contribution in [2.24, 2.45) is 0 Å². The first-order valence-electron chi connectivity index (χ1n) is 20.4. The molecule has 59 heavy (non-hydrogen) atoms. The van der Waals surface area contributed by atoms with E-state index >= 15 is 0 Å². The van der Waals surface area contributed by atoms with Gasteiger partial charge in [0.2, 0.25) is 0 Å². The molecule has 324 valence electrons. The molecule has 2 aliphatic rings. The quantitative estimate of drug-likeness (QED) is 0.0800. The molecule has 15 heteroatoms. The van der Waals surface area contributed by atoms with Crippen LogP contribution < -0.4 is 21.3 Å². The molecular weight excluding hydrogens is 778 g/mol. The highest BCUT2D eigenvalue weighted by molar-refractivity contribution is 5.89. The molecule has 4 amide bonds. The first-order chi connectivity index (χ1) is 27.8. The number of anilines is 2. The van der Waals surface area contributed by atoms with Gasteiger partial charge in [0.15, 0.2) is 0 Å². The summed E-state index contributed by atoms with van der Waals surface area (Å²) in [5.74, 6) is -0.547. The number of hydrogen-bond donors (Lipinski definition) is 5. The number of urea groups is 2. The van der Waals surface area contributed by atoms with Gasteiger partial charge in [-0.15, -0.1) is 12.4 Å². The molecule has 2 fully saturated rings. The van der Waals surface area contributed by atoms with Gasteiger partial charge >= 0.3 is 12.1 Å². The Balaban J connectivity index is 0.000000370. The Bertz CT molecular complexity index is 1580. The third-order valence-corrected chi connectivity index (χ3v) is 9.59. The van der Waals surface area contributed by atoms with Gasteiger partial charge < -0.3 is 41.6 Å². The number of carbonyl (C=O) groups excluding carboxylic acids is 2. The molecule has 2 aliphatic heterocycles. The van der Waals surface area contributed by atoms with Crippen LogP contribution in [0.3, 0.4) is 0 Å². The van der Waals surface area contributed by atoms with Gasteiger partial charge in [-0.25, -0.2) is 18.4 Å². The Morgan fingerprint density at radius 2 is 0.949 bits per heavy atom. The van der Waals surface area contributed by atoms with E-state index in [4.69, 9.17) is 5.11 Å². The van der Waals surface area contributed by atoms with E-state index in [1.165, 1.54) is 89.0 Å². The van der Waals surface area contributed by atoms with Gasteiger partial charge in [-0.1, -0.05) is 12.8 Å². The normalized spacial score (nSPS) is 13.8. The number of piperidine rings is 2. The zero-order valence-corrected chi connectivity index (χ0v) is 35.1. The smallest absolute Gasteiger partial charge is 0.319 e. The molecule has 0 atom stereocenters. The average molecular weight is 841 g/mol. The van der Waals surface area contributed by atoms with Gasteiger partial charge in [-0.3, -0.25) is 9.97 Å². The molecule has 0 aliphatic carbocycles. The highest BCUT2D eigenvalue weighted by Crippen LogP contribution is 2.20. The van der Waals surface area contributed by atoms with E-state index in [-0.39, 0.29) is 48.2 Å². The Kier molecular flexibility index (Phi) is 25.2. The van der Waals surface area contributed by atoms with Crippen LogP contribution in [0.2, 0.25) is 0 Å². The second-order valence-electron chi connectivity index (χ2n) is 14.2. The standard InChI is InChI=1S/2C21H27FN4O.C2H6O.ClH.H2O/c2*22-18-8-6-17(7-9-18)20-11-10-19(16-24-20)25-21(27)23-12-2-5-15-26-13-3-1-4-14-26;1-2-3;;/h2*6-11,16H,1-5,12-15H2,(H2,23,25,27);3H,2H2,1H3;1H;1H2. The lowest BCUT2D eigenvalue weighted by Gasteiger charge is -2.26. The number of halogens is 3. The van der Waals surface area contributed by atoms with E-state index < -0.39 is 0 Å². The van der Waals surface area contributed by atoms with Gasteiger partial charge in [0.1, 0.15) is 11.6 Å². The molecule has 0 bridgehead atoms. The van der Waals surface area contributed by atoms with Crippen molar-refractivity contribution in [2.45, 2.75) is 71.1 Å². The highest BCUT2D eigenvalue weighted by atomic mass is 35.5. The van der Waals surface area contributed by atoms with Crippen LogP contribution in [0.25, 0.3) is 22.5 Å². The van der Waals surface area contributed by atoms with E-state index in [0.717, 1.165) is 61.3 Å². The molecule has 2 aromatic carbocycles. The Hall–Kier alpha value is -4.73. The number of nitrogens with zero attached hydrogens (tertiary/aromatic N) is 4. The van der Waals surface area contributed by atoms with Crippen molar-refractivity contribution in [3.63, 3.8) is 0 Å². The van der Waals surface area contributed by atoms with Crippen LogP contribution in [0.5, 0.6) is 0 Å². The van der Waals surface area contributed by atoms with Gasteiger partial charge in [0.25, 0.3) is 0 Å². The minimum atomic E-state index is -0.273. The Labute approximate surface area is 354 Å². The summed E-state index contributed by atoms with van der Waals surface area (Å²) < 4.78 is 26.0. The van der Waals surface area contributed by atoms with Crippen molar-refractivity contribution in [1.82, 2.24) is 30.4 Å². The average Bonchev–Trinajstić information content (AvgIpc) is 3.23. The molecule has 0 spiro atoms. The second-order valence-corrected chi connectivity index (χ2v) is 14.2. The molecule has 4 heterocycles. The lowest BCUT2D eigenvalue weighted by atomic mass is 10.1. The molecule has 7 N–H and O–H groups in total. The van der Waals surface area contributed by atoms with Crippen LogP contribution in [0.4, 0.5) is 29.7 Å². The molecular formula is C44H63ClF2N8O4. The topological polar surface area (TPSA) is 166 Å². The van der Waals surface area contributed by atoms with E-state index in [0.29, 0.717) is 24.5 Å². The molecule has 2 aromatic heterocycles. The number of likely N-dealkylation sites (tertiary alicyclic amines) is 2. The lowest BCUT2D eigenvalue weighted by Crippen LogP contribution is -2.32. The number of aromatic nitrogens is 2. The number of amides is 4. The fourth-order valence-corrected chi connectivity index (χ4v) is 6.56. The van der Waals surface area contributed by atoms with E-state index in [1.54, 1.807) is 55.7 Å². The SMILES string of the molecule is CCO.Cl.O.O=C(NCCCCN1CCCCC1)Nc1ccc(-c2ccc(F)cc2)nc1.O=C(NCCCCN1CCCCC1)Nc1ccc(-c2ccc(F)cc2)nc1. The summed E-state index contributed by atoms with van der Waals surface area (Å²) in [6, 6.07) is 19.1. The zero-order valence-electron chi connectivity index (χ0n) is 34.2. The number of unbranched alkanes of at least 4 members (excludes halogenated alkanes) is 2. The minimum absolute atomic E-state index is 0. The van der Waals surface area contributed by atoms with Crippen LogP contribution in [0, 0.1) is 11.6 Å². The summed E-state index contributed by atoms with van der Waals surface area (Å²) in [6.45, 7) is 10.4. The summed E-state index contributed by atoms with van der Waals surface area (Å²) in [4.78, 5) is 37.6. The predicted octanol–water partition coefficient (Wildman–Crippen LogP) is 8.15. The second kappa shape index (κ2) is 29.5. The van der Waals surface area contributed by atoms with Crippen molar-refractivity contribution in [3.8, 4) is 22.5 Å². The summed E-state index contributed by atoms with van der Waals surface area (Å²) in [6.07, 6.45) is 15.4. The van der Waals surface area contributed by atoms with Gasteiger partial charge in [0.05, 0.1) is 35.2 Å². The molecule has 12 nitrogen and oxygen atoms in total. The number of carbonyl (C=O) groups is 2. The summed E-state index contributed by atoms with van der Waals surface area (Å²) in [5.41, 5.74) is 4.40. The van der Waals surface area contributed by atoms with Crippen LogP contribution in [0.1, 0.15) is 71.1 Å². The molecule has 4 aromatic rings. The molecule has 0 unspecified atom stereocenters. The predicted molar refractivity (Wildman–Crippen MR) is 236 cm³/mol.